The van der Waals surface area contributed by atoms with E-state index in [9.17, 15) is 9.59 Å². The number of rotatable bonds is 5. The van der Waals surface area contributed by atoms with Crippen molar-refractivity contribution in [1.82, 2.24) is 10.2 Å². The maximum Gasteiger partial charge on any atom is 0.325 e. The van der Waals surface area contributed by atoms with E-state index < -0.39 is 11.6 Å². The number of imide groups is 1. The second kappa shape index (κ2) is 6.65. The highest BCUT2D eigenvalue weighted by Gasteiger charge is 2.48. The summed E-state index contributed by atoms with van der Waals surface area (Å²) in [5, 5.41) is 2.78. The summed E-state index contributed by atoms with van der Waals surface area (Å²) in [4.78, 5) is 26.2. The first-order chi connectivity index (χ1) is 11.5. The van der Waals surface area contributed by atoms with Gasteiger partial charge >= 0.3 is 6.03 Å². The molecule has 2 aromatic rings. The van der Waals surface area contributed by atoms with Gasteiger partial charge < -0.3 is 10.1 Å². The van der Waals surface area contributed by atoms with E-state index in [1.807, 2.05) is 54.6 Å². The lowest BCUT2D eigenvalue weighted by molar-refractivity contribution is -0.131. The molecule has 1 atom stereocenters. The summed E-state index contributed by atoms with van der Waals surface area (Å²) in [6, 6.07) is 16.3. The molecule has 5 nitrogen and oxygen atoms in total. The molecule has 3 amide bonds. The Morgan fingerprint density at radius 3 is 2.58 bits per heavy atom. The molecule has 0 aliphatic carbocycles. The Labute approximate surface area is 148 Å². The zero-order valence-corrected chi connectivity index (χ0v) is 14.7. The molecular formula is C18H17BrN2O3. The normalized spacial score (nSPS) is 20.2. The minimum absolute atomic E-state index is 0.198. The van der Waals surface area contributed by atoms with Gasteiger partial charge in [0.05, 0.1) is 6.54 Å². The number of carbonyl (C=O) groups is 2. The summed E-state index contributed by atoms with van der Waals surface area (Å²) in [6.07, 6.45) is 0. The summed E-state index contributed by atoms with van der Waals surface area (Å²) in [7, 11) is 0. The van der Waals surface area contributed by atoms with Gasteiger partial charge in [-0.15, -0.1) is 0 Å². The number of nitrogens with one attached hydrogen (secondary N) is 1. The molecule has 3 rings (SSSR count). The second-order valence-electron chi connectivity index (χ2n) is 5.68. The van der Waals surface area contributed by atoms with Crippen molar-refractivity contribution in [3.05, 3.63) is 64.6 Å². The van der Waals surface area contributed by atoms with Crippen LogP contribution in [-0.2, 0) is 10.3 Å². The molecule has 1 aliphatic heterocycles. The monoisotopic (exact) mass is 388 g/mol. The Bertz CT molecular complexity index is 766. The molecule has 124 valence electrons. The molecule has 1 aliphatic rings. The Morgan fingerprint density at radius 1 is 1.12 bits per heavy atom. The van der Waals surface area contributed by atoms with Crippen molar-refractivity contribution in [2.45, 2.75) is 12.5 Å². The first-order valence-corrected chi connectivity index (χ1v) is 8.38. The molecule has 2 aromatic carbocycles. The maximum absolute atomic E-state index is 12.8. The van der Waals surface area contributed by atoms with Crippen molar-refractivity contribution in [1.29, 1.82) is 0 Å². The molecule has 1 fully saturated rings. The van der Waals surface area contributed by atoms with Crippen molar-refractivity contribution >= 4 is 27.9 Å². The van der Waals surface area contributed by atoms with E-state index in [0.717, 1.165) is 10.0 Å². The van der Waals surface area contributed by atoms with Gasteiger partial charge in [0.25, 0.3) is 5.91 Å². The zero-order valence-electron chi connectivity index (χ0n) is 13.2. The van der Waals surface area contributed by atoms with Gasteiger partial charge in [-0.1, -0.05) is 46.3 Å². The van der Waals surface area contributed by atoms with Crippen molar-refractivity contribution < 1.29 is 14.3 Å². The van der Waals surface area contributed by atoms with Crippen LogP contribution in [0.3, 0.4) is 0 Å². The Kier molecular flexibility index (Phi) is 4.57. The fraction of sp³-hybridized carbons (Fsp3) is 0.222. The van der Waals surface area contributed by atoms with E-state index >= 15 is 0 Å². The SMILES string of the molecule is CC1(c2cccc(Br)c2)NC(=O)N(CCOc2ccccc2)C1=O. The fourth-order valence-corrected chi connectivity index (χ4v) is 3.07. The van der Waals surface area contributed by atoms with Crippen LogP contribution in [-0.4, -0.2) is 30.0 Å². The molecule has 24 heavy (non-hydrogen) atoms. The predicted octanol–water partition coefficient (Wildman–Crippen LogP) is 3.30. The maximum atomic E-state index is 12.8. The van der Waals surface area contributed by atoms with Gasteiger partial charge in [0.1, 0.15) is 17.9 Å². The molecule has 0 aromatic heterocycles. The lowest BCUT2D eigenvalue weighted by Crippen LogP contribution is -2.41. The number of hydrogen-bond acceptors (Lipinski definition) is 3. The number of amides is 3. The van der Waals surface area contributed by atoms with Gasteiger partial charge in [-0.3, -0.25) is 9.69 Å². The minimum Gasteiger partial charge on any atom is -0.492 e. The molecule has 1 unspecified atom stereocenters. The number of urea groups is 1. The molecule has 1 saturated heterocycles. The van der Waals surface area contributed by atoms with Gasteiger partial charge in [0.15, 0.2) is 0 Å². The summed E-state index contributed by atoms with van der Waals surface area (Å²) in [5.74, 6) is 0.432. The number of hydrogen-bond donors (Lipinski definition) is 1. The van der Waals surface area contributed by atoms with Crippen LogP contribution in [0.4, 0.5) is 4.79 Å². The van der Waals surface area contributed by atoms with Crippen molar-refractivity contribution in [3.8, 4) is 5.75 Å². The first-order valence-electron chi connectivity index (χ1n) is 7.59. The fourth-order valence-electron chi connectivity index (χ4n) is 2.67. The smallest absolute Gasteiger partial charge is 0.325 e. The van der Waals surface area contributed by atoms with E-state index in [-0.39, 0.29) is 19.1 Å². The van der Waals surface area contributed by atoms with Crippen LogP contribution in [0.1, 0.15) is 12.5 Å². The van der Waals surface area contributed by atoms with Crippen LogP contribution >= 0.6 is 15.9 Å². The quantitative estimate of drug-likeness (QED) is 0.799. The van der Waals surface area contributed by atoms with Crippen molar-refractivity contribution in [2.75, 3.05) is 13.2 Å². The second-order valence-corrected chi connectivity index (χ2v) is 6.60. The predicted molar refractivity (Wildman–Crippen MR) is 93.7 cm³/mol. The highest BCUT2D eigenvalue weighted by atomic mass is 79.9. The summed E-state index contributed by atoms with van der Waals surface area (Å²) < 4.78 is 6.43. The highest BCUT2D eigenvalue weighted by Crippen LogP contribution is 2.30. The Balaban J connectivity index is 1.70. The minimum atomic E-state index is -1.06. The zero-order chi connectivity index (χ0) is 17.2. The van der Waals surface area contributed by atoms with E-state index in [1.54, 1.807) is 6.92 Å². The topological polar surface area (TPSA) is 58.6 Å². The molecule has 1 heterocycles. The van der Waals surface area contributed by atoms with E-state index in [4.69, 9.17) is 4.74 Å². The molecular weight excluding hydrogens is 372 g/mol. The number of benzene rings is 2. The third-order valence-corrected chi connectivity index (χ3v) is 4.50. The van der Waals surface area contributed by atoms with E-state index in [1.165, 1.54) is 4.90 Å². The molecule has 0 radical (unpaired) electrons. The lowest BCUT2D eigenvalue weighted by atomic mass is 9.92. The average Bonchev–Trinajstić information content (AvgIpc) is 2.80. The van der Waals surface area contributed by atoms with Crippen molar-refractivity contribution in [2.24, 2.45) is 0 Å². The van der Waals surface area contributed by atoms with Crippen LogP contribution in [0.25, 0.3) is 0 Å². The third kappa shape index (κ3) is 3.14. The van der Waals surface area contributed by atoms with E-state index in [0.29, 0.717) is 5.75 Å². The van der Waals surface area contributed by atoms with Crippen LogP contribution in [0.5, 0.6) is 5.75 Å². The van der Waals surface area contributed by atoms with Gasteiger partial charge in [-0.2, -0.15) is 0 Å². The Morgan fingerprint density at radius 2 is 1.88 bits per heavy atom. The highest BCUT2D eigenvalue weighted by molar-refractivity contribution is 9.10. The number of para-hydroxylation sites is 1. The molecule has 6 heteroatoms. The average molecular weight is 389 g/mol. The summed E-state index contributed by atoms with van der Waals surface area (Å²) in [5.41, 5.74) is -0.324. The van der Waals surface area contributed by atoms with Gasteiger partial charge in [0, 0.05) is 4.47 Å². The molecule has 0 spiro atoms. The van der Waals surface area contributed by atoms with Crippen LogP contribution in [0, 0.1) is 0 Å². The summed E-state index contributed by atoms with van der Waals surface area (Å²) >= 11 is 3.39. The number of halogens is 1. The number of nitrogens with zero attached hydrogens (tertiary/aromatic N) is 1. The van der Waals surface area contributed by atoms with Crippen LogP contribution < -0.4 is 10.1 Å². The summed E-state index contributed by atoms with van der Waals surface area (Å²) in [6.45, 7) is 2.16. The van der Waals surface area contributed by atoms with Crippen molar-refractivity contribution in [3.63, 3.8) is 0 Å². The van der Waals surface area contributed by atoms with Gasteiger partial charge in [-0.05, 0) is 36.8 Å². The van der Waals surface area contributed by atoms with Gasteiger partial charge in [0.2, 0.25) is 0 Å². The lowest BCUT2D eigenvalue weighted by Gasteiger charge is -2.22. The molecule has 1 N–H and O–H groups in total. The Hall–Kier alpha value is -2.34. The largest absolute Gasteiger partial charge is 0.492 e. The van der Waals surface area contributed by atoms with Crippen LogP contribution in [0.2, 0.25) is 0 Å². The third-order valence-electron chi connectivity index (χ3n) is 4.00. The van der Waals surface area contributed by atoms with E-state index in [2.05, 4.69) is 21.2 Å². The standard InChI is InChI=1S/C18H17BrN2O3/c1-18(13-6-5-7-14(19)12-13)16(22)21(17(23)20-18)10-11-24-15-8-3-2-4-9-15/h2-9,12H,10-11H2,1H3,(H,20,23). The van der Waals surface area contributed by atoms with Crippen LogP contribution in [0.15, 0.2) is 59.1 Å². The molecule has 0 saturated carbocycles. The number of ether oxygens (including phenoxy) is 1. The first kappa shape index (κ1) is 16.5. The number of carbonyl (C=O) groups excluding carboxylic acids is 2. The van der Waals surface area contributed by atoms with Gasteiger partial charge in [-0.25, -0.2) is 4.79 Å². The molecule has 0 bridgehead atoms.